The molecule has 0 aromatic carbocycles. The molecule has 0 radical (unpaired) electrons. The molecule has 0 N–H and O–H groups in total. The van der Waals surface area contributed by atoms with Gasteiger partial charge in [0.05, 0.1) is 29.9 Å². The third-order valence-electron chi connectivity index (χ3n) is 5.44. The predicted molar refractivity (Wildman–Crippen MR) is 101 cm³/mol. The third kappa shape index (κ3) is 2.88. The van der Waals surface area contributed by atoms with Crippen LogP contribution in [0, 0.1) is 0 Å². The first kappa shape index (κ1) is 16.1. The van der Waals surface area contributed by atoms with Crippen molar-refractivity contribution in [1.82, 2.24) is 19.5 Å². The van der Waals surface area contributed by atoms with E-state index >= 15 is 0 Å². The van der Waals surface area contributed by atoms with Gasteiger partial charge >= 0.3 is 0 Å². The minimum absolute atomic E-state index is 0.647. The van der Waals surface area contributed by atoms with Crippen molar-refractivity contribution in [2.24, 2.45) is 7.05 Å². The summed E-state index contributed by atoms with van der Waals surface area (Å²) < 4.78 is 2.02. The molecule has 25 heavy (non-hydrogen) atoms. The van der Waals surface area contributed by atoms with E-state index in [1.54, 1.807) is 0 Å². The van der Waals surface area contributed by atoms with Gasteiger partial charge in [0.25, 0.3) is 0 Å². The summed E-state index contributed by atoms with van der Waals surface area (Å²) in [5.41, 5.74) is 5.75. The summed E-state index contributed by atoms with van der Waals surface area (Å²) in [5, 5.41) is 0. The number of anilines is 2. The molecular weight excluding hydrogens is 310 g/mol. The van der Waals surface area contributed by atoms with Crippen LogP contribution in [-0.2, 0) is 13.5 Å². The van der Waals surface area contributed by atoms with Crippen LogP contribution in [0.4, 0.5) is 11.5 Å². The largest absolute Gasteiger partial charge is 0.334 e. The molecular formula is C20H25N5. The Bertz CT molecular complexity index is 892. The fourth-order valence-electron chi connectivity index (χ4n) is 3.87. The molecule has 0 aliphatic heterocycles. The first-order valence-electron chi connectivity index (χ1n) is 9.17. The van der Waals surface area contributed by atoms with Crippen LogP contribution in [-0.4, -0.2) is 26.6 Å². The summed E-state index contributed by atoms with van der Waals surface area (Å²) in [6, 6.07) is 4.40. The second-order valence-electron chi connectivity index (χ2n) is 7.02. The lowest BCUT2D eigenvalue weighted by atomic mass is 10.00. The summed E-state index contributed by atoms with van der Waals surface area (Å²) in [4.78, 5) is 15.9. The minimum atomic E-state index is 0.647. The van der Waals surface area contributed by atoms with Gasteiger partial charge in [-0.3, -0.25) is 4.98 Å². The molecule has 0 saturated heterocycles. The Morgan fingerprint density at radius 3 is 2.68 bits per heavy atom. The molecule has 1 aliphatic rings. The van der Waals surface area contributed by atoms with Crippen LogP contribution in [0.3, 0.4) is 0 Å². The van der Waals surface area contributed by atoms with Crippen LogP contribution in [0.15, 0.2) is 30.9 Å². The number of hydrogen-bond donors (Lipinski definition) is 0. The molecule has 130 valence electrons. The molecule has 4 rings (SSSR count). The molecule has 1 saturated carbocycles. The van der Waals surface area contributed by atoms with Crippen LogP contribution in [0.2, 0.25) is 0 Å². The fraction of sp³-hybridized carbons (Fsp3) is 0.450. The minimum Gasteiger partial charge on any atom is -0.334 e. The van der Waals surface area contributed by atoms with Gasteiger partial charge in [-0.2, -0.15) is 0 Å². The molecule has 0 atom stereocenters. The molecule has 0 bridgehead atoms. The van der Waals surface area contributed by atoms with Crippen molar-refractivity contribution < 1.29 is 0 Å². The predicted octanol–water partition coefficient (Wildman–Crippen LogP) is 4.35. The van der Waals surface area contributed by atoms with Crippen LogP contribution in [0.1, 0.15) is 49.8 Å². The second kappa shape index (κ2) is 6.47. The molecule has 0 spiro atoms. The topological polar surface area (TPSA) is 46.8 Å². The van der Waals surface area contributed by atoms with Gasteiger partial charge in [0, 0.05) is 31.8 Å². The maximum Gasteiger partial charge on any atom is 0.134 e. The van der Waals surface area contributed by atoms with E-state index in [1.807, 2.05) is 30.3 Å². The van der Waals surface area contributed by atoms with Crippen LogP contribution in [0.5, 0.6) is 0 Å². The lowest BCUT2D eigenvalue weighted by Crippen LogP contribution is -2.14. The average Bonchev–Trinajstić information content (AvgIpc) is 3.31. The SMILES string of the molecule is CCc1cc(C2CCCC2)ncc1N(C)c1cc2c(cn1)ncn2C. The van der Waals surface area contributed by atoms with Crippen molar-refractivity contribution in [2.75, 3.05) is 11.9 Å². The number of fused-ring (bicyclic) bond motifs is 1. The summed E-state index contributed by atoms with van der Waals surface area (Å²) in [6.45, 7) is 2.21. The van der Waals surface area contributed by atoms with E-state index in [0.717, 1.165) is 29.0 Å². The molecule has 3 aromatic heterocycles. The molecule has 0 amide bonds. The summed E-state index contributed by atoms with van der Waals surface area (Å²) in [5.74, 6) is 1.56. The van der Waals surface area contributed by atoms with E-state index in [4.69, 9.17) is 4.98 Å². The Morgan fingerprint density at radius 1 is 1.12 bits per heavy atom. The average molecular weight is 335 g/mol. The van der Waals surface area contributed by atoms with Gasteiger partial charge < -0.3 is 9.47 Å². The highest BCUT2D eigenvalue weighted by Crippen LogP contribution is 2.35. The Kier molecular flexibility index (Phi) is 4.15. The quantitative estimate of drug-likeness (QED) is 0.711. The van der Waals surface area contributed by atoms with Crippen molar-refractivity contribution in [1.29, 1.82) is 0 Å². The molecule has 5 nitrogen and oxygen atoms in total. The van der Waals surface area contributed by atoms with Gasteiger partial charge in [-0.1, -0.05) is 19.8 Å². The van der Waals surface area contributed by atoms with Crippen molar-refractivity contribution in [3.8, 4) is 0 Å². The Labute approximate surface area is 148 Å². The van der Waals surface area contributed by atoms with E-state index in [0.29, 0.717) is 5.92 Å². The van der Waals surface area contributed by atoms with Gasteiger partial charge in [0.15, 0.2) is 0 Å². The highest BCUT2D eigenvalue weighted by molar-refractivity contribution is 5.79. The molecule has 5 heteroatoms. The van der Waals surface area contributed by atoms with Crippen LogP contribution in [0.25, 0.3) is 11.0 Å². The van der Waals surface area contributed by atoms with Gasteiger partial charge in [-0.15, -0.1) is 0 Å². The molecule has 1 aliphatic carbocycles. The van der Waals surface area contributed by atoms with E-state index in [9.17, 15) is 0 Å². The van der Waals surface area contributed by atoms with Crippen molar-refractivity contribution in [3.05, 3.63) is 42.1 Å². The second-order valence-corrected chi connectivity index (χ2v) is 7.02. The molecule has 3 heterocycles. The van der Waals surface area contributed by atoms with E-state index in [-0.39, 0.29) is 0 Å². The maximum absolute atomic E-state index is 4.80. The lowest BCUT2D eigenvalue weighted by molar-refractivity contribution is 0.695. The third-order valence-corrected chi connectivity index (χ3v) is 5.44. The van der Waals surface area contributed by atoms with E-state index < -0.39 is 0 Å². The summed E-state index contributed by atoms with van der Waals surface area (Å²) in [6.07, 6.45) is 11.9. The summed E-state index contributed by atoms with van der Waals surface area (Å²) in [7, 11) is 4.07. The number of hydrogen-bond acceptors (Lipinski definition) is 4. The highest BCUT2D eigenvalue weighted by atomic mass is 15.2. The zero-order valence-electron chi connectivity index (χ0n) is 15.2. The monoisotopic (exact) mass is 335 g/mol. The number of rotatable bonds is 4. The van der Waals surface area contributed by atoms with Gasteiger partial charge in [0.1, 0.15) is 11.3 Å². The molecule has 0 unspecified atom stereocenters. The van der Waals surface area contributed by atoms with E-state index in [1.165, 1.54) is 36.9 Å². The Hall–Kier alpha value is -2.43. The standard InChI is InChI=1S/C20H25N5/c1-4-14-9-16(15-7-5-6-8-15)21-12-19(14)25(3)20-10-18-17(11-22-20)23-13-24(18)2/h9-13,15H,4-8H2,1-3H3. The number of aromatic nitrogens is 4. The van der Waals surface area contributed by atoms with E-state index in [2.05, 4.69) is 41.0 Å². The highest BCUT2D eigenvalue weighted by Gasteiger charge is 2.20. The Balaban J connectivity index is 1.70. The molecule has 3 aromatic rings. The summed E-state index contributed by atoms with van der Waals surface area (Å²) >= 11 is 0. The van der Waals surface area contributed by atoms with Crippen molar-refractivity contribution >= 4 is 22.5 Å². The number of aryl methyl sites for hydroxylation is 2. The number of nitrogens with zero attached hydrogens (tertiary/aromatic N) is 5. The first-order chi connectivity index (χ1) is 12.2. The van der Waals surface area contributed by atoms with Crippen molar-refractivity contribution in [2.45, 2.75) is 44.9 Å². The molecule has 1 fully saturated rings. The normalized spacial score (nSPS) is 15.2. The zero-order chi connectivity index (χ0) is 17.4. The zero-order valence-corrected chi connectivity index (χ0v) is 15.2. The van der Waals surface area contributed by atoms with Gasteiger partial charge in [0.2, 0.25) is 0 Å². The lowest BCUT2D eigenvalue weighted by Gasteiger charge is -2.22. The maximum atomic E-state index is 4.80. The van der Waals surface area contributed by atoms with Crippen LogP contribution < -0.4 is 4.90 Å². The van der Waals surface area contributed by atoms with Gasteiger partial charge in [-0.25, -0.2) is 9.97 Å². The number of pyridine rings is 2. The number of imidazole rings is 1. The first-order valence-corrected chi connectivity index (χ1v) is 9.17. The fourth-order valence-corrected chi connectivity index (χ4v) is 3.87. The Morgan fingerprint density at radius 2 is 1.92 bits per heavy atom. The smallest absolute Gasteiger partial charge is 0.134 e. The van der Waals surface area contributed by atoms with Gasteiger partial charge in [-0.05, 0) is 30.9 Å². The van der Waals surface area contributed by atoms with Crippen LogP contribution >= 0.6 is 0 Å². The van der Waals surface area contributed by atoms with Crippen molar-refractivity contribution in [3.63, 3.8) is 0 Å².